The largest absolute Gasteiger partial charge is 0.313 e. The highest BCUT2D eigenvalue weighted by Gasteiger charge is 2.12. The van der Waals surface area contributed by atoms with Gasteiger partial charge in [0.25, 0.3) is 0 Å². The molecule has 0 aliphatic rings. The quantitative estimate of drug-likeness (QED) is 0.675. The van der Waals surface area contributed by atoms with E-state index in [0.29, 0.717) is 6.04 Å². The Morgan fingerprint density at radius 3 is 2.76 bits per heavy atom. The maximum Gasteiger partial charge on any atom is 0.176 e. The Bertz CT molecular complexity index is 302. The van der Waals surface area contributed by atoms with Gasteiger partial charge < -0.3 is 5.32 Å². The van der Waals surface area contributed by atoms with E-state index >= 15 is 0 Å². The SMILES string of the molecule is CCCNC(CSCCC)Cc1nnn(C)n1. The molecule has 1 aromatic rings. The first-order chi connectivity index (χ1) is 8.26. The second-order valence-electron chi connectivity index (χ2n) is 4.13. The van der Waals surface area contributed by atoms with Crippen LogP contribution in [0.1, 0.15) is 32.5 Å². The molecular formula is C11H23N5S. The normalized spacial score (nSPS) is 12.9. The third-order valence-electron chi connectivity index (χ3n) is 2.33. The lowest BCUT2D eigenvalue weighted by Gasteiger charge is -2.16. The van der Waals surface area contributed by atoms with E-state index in [0.717, 1.165) is 31.0 Å². The molecule has 0 aliphatic heterocycles. The Balaban J connectivity index is 2.38. The van der Waals surface area contributed by atoms with Crippen molar-refractivity contribution in [1.82, 2.24) is 25.5 Å². The second kappa shape index (κ2) is 8.47. The van der Waals surface area contributed by atoms with Gasteiger partial charge in [0, 0.05) is 18.2 Å². The summed E-state index contributed by atoms with van der Waals surface area (Å²) < 4.78 is 0. The molecular weight excluding hydrogens is 234 g/mol. The monoisotopic (exact) mass is 257 g/mol. The lowest BCUT2D eigenvalue weighted by atomic mass is 10.2. The van der Waals surface area contributed by atoms with Crippen molar-refractivity contribution in [2.24, 2.45) is 7.05 Å². The van der Waals surface area contributed by atoms with Gasteiger partial charge in [-0.15, -0.1) is 10.2 Å². The van der Waals surface area contributed by atoms with Crippen molar-refractivity contribution in [2.75, 3.05) is 18.1 Å². The van der Waals surface area contributed by atoms with Crippen molar-refractivity contribution in [3.63, 3.8) is 0 Å². The van der Waals surface area contributed by atoms with E-state index in [2.05, 4.69) is 34.6 Å². The zero-order chi connectivity index (χ0) is 12.5. The number of aryl methyl sites for hydroxylation is 1. The zero-order valence-electron chi connectivity index (χ0n) is 11.0. The molecule has 1 atom stereocenters. The van der Waals surface area contributed by atoms with Gasteiger partial charge in [-0.2, -0.15) is 16.6 Å². The predicted octanol–water partition coefficient (Wildman–Crippen LogP) is 1.26. The molecule has 1 unspecified atom stereocenters. The summed E-state index contributed by atoms with van der Waals surface area (Å²) in [4.78, 5) is 1.52. The number of nitrogens with zero attached hydrogens (tertiary/aromatic N) is 4. The lowest BCUT2D eigenvalue weighted by molar-refractivity contribution is 0.537. The van der Waals surface area contributed by atoms with E-state index in [-0.39, 0.29) is 0 Å². The fourth-order valence-corrected chi connectivity index (χ4v) is 2.51. The summed E-state index contributed by atoms with van der Waals surface area (Å²) in [5, 5.41) is 15.7. The van der Waals surface area contributed by atoms with Crippen molar-refractivity contribution >= 4 is 11.8 Å². The van der Waals surface area contributed by atoms with Crippen molar-refractivity contribution in [3.8, 4) is 0 Å². The number of nitrogens with one attached hydrogen (secondary N) is 1. The van der Waals surface area contributed by atoms with Gasteiger partial charge in [0.15, 0.2) is 5.82 Å². The minimum absolute atomic E-state index is 0.454. The van der Waals surface area contributed by atoms with Gasteiger partial charge in [0.1, 0.15) is 0 Å². The van der Waals surface area contributed by atoms with Crippen LogP contribution >= 0.6 is 11.8 Å². The molecule has 0 saturated carbocycles. The lowest BCUT2D eigenvalue weighted by Crippen LogP contribution is -2.34. The van der Waals surface area contributed by atoms with Crippen LogP contribution in [-0.4, -0.2) is 44.3 Å². The first-order valence-electron chi connectivity index (χ1n) is 6.30. The van der Waals surface area contributed by atoms with Crippen LogP contribution in [-0.2, 0) is 13.5 Å². The molecule has 0 amide bonds. The maximum atomic E-state index is 4.23. The van der Waals surface area contributed by atoms with Crippen LogP contribution in [0.15, 0.2) is 0 Å². The molecule has 0 radical (unpaired) electrons. The molecule has 1 N–H and O–H groups in total. The van der Waals surface area contributed by atoms with Crippen LogP contribution in [0.25, 0.3) is 0 Å². The summed E-state index contributed by atoms with van der Waals surface area (Å²) in [6.07, 6.45) is 3.25. The fourth-order valence-electron chi connectivity index (χ4n) is 1.53. The van der Waals surface area contributed by atoms with Gasteiger partial charge in [-0.3, -0.25) is 0 Å². The van der Waals surface area contributed by atoms with E-state index in [9.17, 15) is 0 Å². The van der Waals surface area contributed by atoms with E-state index in [1.165, 1.54) is 17.0 Å². The molecule has 6 heteroatoms. The summed E-state index contributed by atoms with van der Waals surface area (Å²) >= 11 is 1.99. The molecule has 1 heterocycles. The van der Waals surface area contributed by atoms with Gasteiger partial charge >= 0.3 is 0 Å². The molecule has 98 valence electrons. The summed E-state index contributed by atoms with van der Waals surface area (Å²) in [5.41, 5.74) is 0. The van der Waals surface area contributed by atoms with Crippen LogP contribution in [0.5, 0.6) is 0 Å². The Morgan fingerprint density at radius 1 is 1.35 bits per heavy atom. The highest BCUT2D eigenvalue weighted by molar-refractivity contribution is 7.99. The van der Waals surface area contributed by atoms with Crippen molar-refractivity contribution in [2.45, 2.75) is 39.2 Å². The molecule has 1 aromatic heterocycles. The van der Waals surface area contributed by atoms with E-state index in [4.69, 9.17) is 0 Å². The Hall–Kier alpha value is -0.620. The third kappa shape index (κ3) is 6.02. The zero-order valence-corrected chi connectivity index (χ0v) is 11.8. The van der Waals surface area contributed by atoms with Crippen LogP contribution in [0.2, 0.25) is 0 Å². The van der Waals surface area contributed by atoms with E-state index < -0.39 is 0 Å². The molecule has 0 aliphatic carbocycles. The minimum atomic E-state index is 0.454. The fraction of sp³-hybridized carbons (Fsp3) is 0.909. The summed E-state index contributed by atoms with van der Waals surface area (Å²) in [6, 6.07) is 0.454. The molecule has 0 spiro atoms. The highest BCUT2D eigenvalue weighted by atomic mass is 32.2. The number of aromatic nitrogens is 4. The molecule has 5 nitrogen and oxygen atoms in total. The topological polar surface area (TPSA) is 55.6 Å². The molecule has 0 bridgehead atoms. The summed E-state index contributed by atoms with van der Waals surface area (Å²) in [5.74, 6) is 3.17. The van der Waals surface area contributed by atoms with Gasteiger partial charge in [-0.1, -0.05) is 13.8 Å². The molecule has 17 heavy (non-hydrogen) atoms. The van der Waals surface area contributed by atoms with Crippen LogP contribution < -0.4 is 5.32 Å². The molecule has 0 aromatic carbocycles. The Kier molecular flexibility index (Phi) is 7.19. The molecule has 0 saturated heterocycles. The van der Waals surface area contributed by atoms with Gasteiger partial charge in [-0.05, 0) is 30.4 Å². The average Bonchev–Trinajstić information content (AvgIpc) is 2.72. The van der Waals surface area contributed by atoms with Crippen molar-refractivity contribution in [3.05, 3.63) is 5.82 Å². The molecule has 0 fully saturated rings. The Labute approximate surface area is 108 Å². The highest BCUT2D eigenvalue weighted by Crippen LogP contribution is 2.07. The first kappa shape index (κ1) is 14.4. The third-order valence-corrected chi connectivity index (χ3v) is 3.66. The average molecular weight is 257 g/mol. The van der Waals surface area contributed by atoms with Gasteiger partial charge in [0.2, 0.25) is 0 Å². The maximum absolute atomic E-state index is 4.23. The van der Waals surface area contributed by atoms with Gasteiger partial charge in [0.05, 0.1) is 7.05 Å². The standard InChI is InChI=1S/C11H23N5S/c1-4-6-12-10(9-17-7-5-2)8-11-13-15-16(3)14-11/h10,12H,4-9H2,1-3H3. The Morgan fingerprint density at radius 2 is 2.18 bits per heavy atom. The predicted molar refractivity (Wildman–Crippen MR) is 72.2 cm³/mol. The van der Waals surface area contributed by atoms with Crippen molar-refractivity contribution < 1.29 is 0 Å². The number of thioether (sulfide) groups is 1. The minimum Gasteiger partial charge on any atom is -0.313 e. The number of hydrogen-bond acceptors (Lipinski definition) is 5. The summed E-state index contributed by atoms with van der Waals surface area (Å²) in [6.45, 7) is 5.45. The number of rotatable bonds is 9. The van der Waals surface area contributed by atoms with Crippen LogP contribution in [0.3, 0.4) is 0 Å². The first-order valence-corrected chi connectivity index (χ1v) is 7.45. The van der Waals surface area contributed by atoms with Crippen LogP contribution in [0.4, 0.5) is 0 Å². The number of hydrogen-bond donors (Lipinski definition) is 1. The summed E-state index contributed by atoms with van der Waals surface area (Å²) in [7, 11) is 1.80. The molecule has 1 rings (SSSR count). The smallest absolute Gasteiger partial charge is 0.176 e. The van der Waals surface area contributed by atoms with Crippen LogP contribution in [0, 0.1) is 0 Å². The van der Waals surface area contributed by atoms with E-state index in [1.54, 1.807) is 7.05 Å². The number of tetrazole rings is 1. The van der Waals surface area contributed by atoms with Gasteiger partial charge in [-0.25, -0.2) is 0 Å². The van der Waals surface area contributed by atoms with Crippen molar-refractivity contribution in [1.29, 1.82) is 0 Å². The second-order valence-corrected chi connectivity index (χ2v) is 5.28. The van der Waals surface area contributed by atoms with E-state index in [1.807, 2.05) is 11.8 Å².